The van der Waals surface area contributed by atoms with E-state index >= 15 is 0 Å². The van der Waals surface area contributed by atoms with Crippen molar-refractivity contribution in [2.24, 2.45) is 0 Å². The number of nitrogens with one attached hydrogen (secondary N) is 1. The Kier molecular flexibility index (Phi) is 2.97. The highest BCUT2D eigenvalue weighted by Crippen LogP contribution is 2.28. The average Bonchev–Trinajstić information content (AvgIpc) is 2.40. The zero-order valence-electron chi connectivity index (χ0n) is 11.1. The minimum Gasteiger partial charge on any atom is -0.398 e. The number of nitrogen functional groups attached to an aromatic ring is 1. The van der Waals surface area contributed by atoms with Gasteiger partial charge >= 0.3 is 0 Å². The van der Waals surface area contributed by atoms with E-state index in [0.717, 1.165) is 4.90 Å². The number of rotatable bonds is 1. The van der Waals surface area contributed by atoms with Gasteiger partial charge < -0.3 is 5.73 Å². The summed E-state index contributed by atoms with van der Waals surface area (Å²) in [6.07, 6.45) is 0.263. The van der Waals surface area contributed by atoms with Crippen LogP contribution in [0.15, 0.2) is 18.2 Å². The van der Waals surface area contributed by atoms with Crippen LogP contribution in [0, 0.1) is 0 Å². The molecule has 0 bridgehead atoms. The summed E-state index contributed by atoms with van der Waals surface area (Å²) >= 11 is 0. The predicted octanol–water partition coefficient (Wildman–Crippen LogP) is -0.401. The molecule has 4 amide bonds. The van der Waals surface area contributed by atoms with Crippen LogP contribution >= 0.6 is 0 Å². The molecule has 2 aliphatic rings. The SMILES string of the molecule is Nc1cccc2c1C(=O)N(C1CCC(=O)NC1=O)C(=O)C2. The second-order valence-corrected chi connectivity index (χ2v) is 5.09. The van der Waals surface area contributed by atoms with Crippen LogP contribution in [-0.2, 0) is 20.8 Å². The molecule has 1 saturated heterocycles. The Morgan fingerprint density at radius 3 is 2.67 bits per heavy atom. The lowest BCUT2D eigenvalue weighted by molar-refractivity contribution is -0.143. The molecule has 2 heterocycles. The van der Waals surface area contributed by atoms with E-state index in [2.05, 4.69) is 5.32 Å². The van der Waals surface area contributed by atoms with Gasteiger partial charge in [-0.1, -0.05) is 12.1 Å². The summed E-state index contributed by atoms with van der Waals surface area (Å²) in [6, 6.07) is 3.98. The van der Waals surface area contributed by atoms with Gasteiger partial charge in [0.2, 0.25) is 17.7 Å². The van der Waals surface area contributed by atoms with Crippen molar-refractivity contribution >= 4 is 29.3 Å². The summed E-state index contributed by atoms with van der Waals surface area (Å²) in [5.41, 5.74) is 6.92. The number of nitrogens with zero attached hydrogens (tertiary/aromatic N) is 1. The summed E-state index contributed by atoms with van der Waals surface area (Å²) in [6.45, 7) is 0. The number of benzene rings is 1. The first-order valence-electron chi connectivity index (χ1n) is 6.56. The van der Waals surface area contributed by atoms with Crippen LogP contribution in [0.1, 0.15) is 28.8 Å². The Balaban J connectivity index is 1.99. The molecule has 0 aliphatic carbocycles. The van der Waals surface area contributed by atoms with Crippen LogP contribution < -0.4 is 11.1 Å². The first-order chi connectivity index (χ1) is 9.99. The van der Waals surface area contributed by atoms with Crippen molar-refractivity contribution in [2.45, 2.75) is 25.3 Å². The first-order valence-corrected chi connectivity index (χ1v) is 6.56. The number of piperidine rings is 1. The number of anilines is 1. The van der Waals surface area contributed by atoms with E-state index < -0.39 is 29.7 Å². The minimum atomic E-state index is -0.949. The molecule has 3 N–H and O–H groups in total. The van der Waals surface area contributed by atoms with Crippen LogP contribution in [0.5, 0.6) is 0 Å². The number of carbonyl (C=O) groups excluding carboxylic acids is 4. The lowest BCUT2D eigenvalue weighted by Crippen LogP contribution is -2.58. The van der Waals surface area contributed by atoms with E-state index in [-0.39, 0.29) is 30.5 Å². The van der Waals surface area contributed by atoms with Crippen molar-refractivity contribution in [1.29, 1.82) is 0 Å². The number of hydrogen-bond acceptors (Lipinski definition) is 5. The van der Waals surface area contributed by atoms with E-state index in [0.29, 0.717) is 5.56 Å². The Morgan fingerprint density at radius 2 is 1.95 bits per heavy atom. The second kappa shape index (κ2) is 4.69. The van der Waals surface area contributed by atoms with Crippen LogP contribution in [0.3, 0.4) is 0 Å². The molecule has 1 aromatic rings. The van der Waals surface area contributed by atoms with E-state index in [1.54, 1.807) is 18.2 Å². The number of hydrogen-bond donors (Lipinski definition) is 2. The van der Waals surface area contributed by atoms with E-state index in [9.17, 15) is 19.2 Å². The molecule has 108 valence electrons. The molecule has 0 saturated carbocycles. The minimum absolute atomic E-state index is 0.0177. The highest BCUT2D eigenvalue weighted by Gasteiger charge is 2.42. The third-order valence-corrected chi connectivity index (χ3v) is 3.75. The van der Waals surface area contributed by atoms with Gasteiger partial charge in [0.1, 0.15) is 6.04 Å². The van der Waals surface area contributed by atoms with Gasteiger partial charge in [-0.15, -0.1) is 0 Å². The third-order valence-electron chi connectivity index (χ3n) is 3.75. The fraction of sp³-hybridized carbons (Fsp3) is 0.286. The van der Waals surface area contributed by atoms with Gasteiger partial charge in [-0.25, -0.2) is 0 Å². The maximum atomic E-state index is 12.5. The van der Waals surface area contributed by atoms with Crippen LogP contribution in [-0.4, -0.2) is 34.6 Å². The lowest BCUT2D eigenvalue weighted by atomic mass is 9.93. The maximum Gasteiger partial charge on any atom is 0.263 e. The summed E-state index contributed by atoms with van der Waals surface area (Å²) in [7, 11) is 0. The summed E-state index contributed by atoms with van der Waals surface area (Å²) in [5.74, 6) is -2.04. The van der Waals surface area contributed by atoms with Gasteiger partial charge in [0.05, 0.1) is 12.0 Å². The van der Waals surface area contributed by atoms with Gasteiger partial charge in [-0.2, -0.15) is 0 Å². The zero-order chi connectivity index (χ0) is 15.1. The Morgan fingerprint density at radius 1 is 1.19 bits per heavy atom. The predicted molar refractivity (Wildman–Crippen MR) is 71.9 cm³/mol. The van der Waals surface area contributed by atoms with Crippen LogP contribution in [0.25, 0.3) is 0 Å². The zero-order valence-corrected chi connectivity index (χ0v) is 11.1. The molecular weight excluding hydrogens is 274 g/mol. The Hall–Kier alpha value is -2.70. The maximum absolute atomic E-state index is 12.5. The lowest BCUT2D eigenvalue weighted by Gasteiger charge is -2.34. The molecule has 7 nitrogen and oxygen atoms in total. The van der Waals surface area contributed by atoms with Crippen molar-refractivity contribution in [3.05, 3.63) is 29.3 Å². The monoisotopic (exact) mass is 287 g/mol. The van der Waals surface area contributed by atoms with Gasteiger partial charge in [-0.05, 0) is 18.1 Å². The second-order valence-electron chi connectivity index (χ2n) is 5.09. The van der Waals surface area contributed by atoms with Gasteiger partial charge in [-0.3, -0.25) is 29.4 Å². The Labute approximate surface area is 120 Å². The number of amides is 4. The molecule has 3 rings (SSSR count). The highest BCUT2D eigenvalue weighted by atomic mass is 16.2. The third kappa shape index (κ3) is 2.06. The number of fused-ring (bicyclic) bond motifs is 1. The summed E-state index contributed by atoms with van der Waals surface area (Å²) in [4.78, 5) is 48.7. The summed E-state index contributed by atoms with van der Waals surface area (Å²) in [5, 5.41) is 2.15. The van der Waals surface area contributed by atoms with Crippen LogP contribution in [0.2, 0.25) is 0 Å². The topological polar surface area (TPSA) is 110 Å². The van der Waals surface area contributed by atoms with Gasteiger partial charge in [0.15, 0.2) is 0 Å². The smallest absolute Gasteiger partial charge is 0.263 e. The molecule has 1 atom stereocenters. The summed E-state index contributed by atoms with van der Waals surface area (Å²) < 4.78 is 0. The first kappa shape index (κ1) is 13.3. The normalized spacial score (nSPS) is 22.1. The molecule has 1 aromatic carbocycles. The van der Waals surface area contributed by atoms with Crippen molar-refractivity contribution in [3.63, 3.8) is 0 Å². The molecule has 1 fully saturated rings. The largest absolute Gasteiger partial charge is 0.398 e. The van der Waals surface area contributed by atoms with Gasteiger partial charge in [0, 0.05) is 12.1 Å². The van der Waals surface area contributed by atoms with E-state index in [1.807, 2.05) is 0 Å². The van der Waals surface area contributed by atoms with Crippen molar-refractivity contribution < 1.29 is 19.2 Å². The molecule has 1 unspecified atom stereocenters. The quantitative estimate of drug-likeness (QED) is 0.539. The van der Waals surface area contributed by atoms with Crippen molar-refractivity contribution in [2.75, 3.05) is 5.73 Å². The number of carbonyl (C=O) groups is 4. The molecule has 2 aliphatic heterocycles. The molecule has 7 heteroatoms. The molecule has 0 aromatic heterocycles. The van der Waals surface area contributed by atoms with Crippen molar-refractivity contribution in [3.8, 4) is 0 Å². The van der Waals surface area contributed by atoms with Gasteiger partial charge in [0.25, 0.3) is 5.91 Å². The van der Waals surface area contributed by atoms with E-state index in [1.165, 1.54) is 0 Å². The molecule has 0 spiro atoms. The fourth-order valence-corrected chi connectivity index (χ4v) is 2.75. The number of nitrogens with two attached hydrogens (primary N) is 1. The Bertz CT molecular complexity index is 683. The molecule has 0 radical (unpaired) electrons. The highest BCUT2D eigenvalue weighted by molar-refractivity contribution is 6.15. The average molecular weight is 287 g/mol. The van der Waals surface area contributed by atoms with Crippen LogP contribution in [0.4, 0.5) is 5.69 Å². The standard InChI is InChI=1S/C14H13N3O4/c15-8-3-1-2-7-6-11(19)17(14(21)12(7)8)9-4-5-10(18)16-13(9)20/h1-3,9H,4-6,15H2,(H,16,18,20). The fourth-order valence-electron chi connectivity index (χ4n) is 2.75. The molecule has 21 heavy (non-hydrogen) atoms. The number of imide groups is 2. The van der Waals surface area contributed by atoms with E-state index in [4.69, 9.17) is 5.73 Å². The van der Waals surface area contributed by atoms with Crippen molar-refractivity contribution in [1.82, 2.24) is 10.2 Å². The molecular formula is C14H13N3O4.